The predicted octanol–water partition coefficient (Wildman–Crippen LogP) is 2.76. The maximum absolute atomic E-state index is 5.54. The fourth-order valence-electron chi connectivity index (χ4n) is 4.72. The fraction of sp³-hybridized carbons (Fsp3) is 0.750. The molecule has 0 amide bonds. The Hall–Kier alpha value is -1.52. The first kappa shape index (κ1) is 13.2. The van der Waals surface area contributed by atoms with Crippen molar-refractivity contribution >= 4 is 11.6 Å². The molecule has 3 fully saturated rings. The zero-order chi connectivity index (χ0) is 14.4. The molecule has 3 aliphatic carbocycles. The first-order chi connectivity index (χ1) is 10.3. The molecule has 1 aromatic rings. The number of hydrogen-bond donors (Lipinski definition) is 2. The molecule has 5 nitrogen and oxygen atoms in total. The lowest BCUT2D eigenvalue weighted by Crippen LogP contribution is -2.15. The van der Waals surface area contributed by atoms with E-state index in [1.54, 1.807) is 13.4 Å². The third-order valence-electron chi connectivity index (χ3n) is 5.59. The molecule has 21 heavy (non-hydrogen) atoms. The molecular weight excluding hydrogens is 264 g/mol. The van der Waals surface area contributed by atoms with Gasteiger partial charge in [0.2, 0.25) is 5.75 Å². The topological polar surface area (TPSA) is 59.1 Å². The number of rotatable bonds is 6. The molecule has 5 heteroatoms. The second kappa shape index (κ2) is 5.04. The van der Waals surface area contributed by atoms with Crippen LogP contribution >= 0.6 is 0 Å². The lowest BCUT2D eigenvalue weighted by atomic mass is 10.0. The summed E-state index contributed by atoms with van der Waals surface area (Å²) in [6.07, 6.45) is 7.03. The van der Waals surface area contributed by atoms with E-state index in [1.807, 2.05) is 0 Å². The van der Waals surface area contributed by atoms with Crippen molar-refractivity contribution in [2.24, 2.45) is 23.7 Å². The quantitative estimate of drug-likeness (QED) is 0.843. The molecule has 0 aliphatic heterocycles. The van der Waals surface area contributed by atoms with Crippen molar-refractivity contribution in [3.05, 3.63) is 6.33 Å². The molecule has 3 saturated carbocycles. The van der Waals surface area contributed by atoms with Crippen molar-refractivity contribution in [1.29, 1.82) is 0 Å². The van der Waals surface area contributed by atoms with Crippen LogP contribution in [0, 0.1) is 23.7 Å². The van der Waals surface area contributed by atoms with Crippen molar-refractivity contribution in [1.82, 2.24) is 9.97 Å². The Labute approximate surface area is 125 Å². The molecule has 2 N–H and O–H groups in total. The highest BCUT2D eigenvalue weighted by atomic mass is 16.5. The van der Waals surface area contributed by atoms with E-state index in [4.69, 9.17) is 4.74 Å². The number of methoxy groups -OCH3 is 1. The van der Waals surface area contributed by atoms with E-state index in [-0.39, 0.29) is 0 Å². The molecule has 4 rings (SSSR count). The Balaban J connectivity index is 1.50. The van der Waals surface area contributed by atoms with Crippen molar-refractivity contribution in [2.45, 2.75) is 38.6 Å². The average molecular weight is 288 g/mol. The summed E-state index contributed by atoms with van der Waals surface area (Å²) in [7, 11) is 1.69. The van der Waals surface area contributed by atoms with E-state index >= 15 is 0 Å². The smallest absolute Gasteiger partial charge is 0.204 e. The van der Waals surface area contributed by atoms with Crippen LogP contribution in [0.25, 0.3) is 0 Å². The zero-order valence-corrected chi connectivity index (χ0v) is 12.8. The van der Waals surface area contributed by atoms with Crippen LogP contribution in [0.4, 0.5) is 11.6 Å². The van der Waals surface area contributed by atoms with Crippen LogP contribution in [0.3, 0.4) is 0 Å². The molecule has 1 heterocycles. The lowest BCUT2D eigenvalue weighted by molar-refractivity contribution is 0.414. The third-order valence-corrected chi connectivity index (χ3v) is 5.59. The molecule has 3 aliphatic rings. The van der Waals surface area contributed by atoms with E-state index in [9.17, 15) is 0 Å². The SMILES string of the molecule is CCCNc1ncnc(NC2C3C4CCC(C4)C23)c1OC. The molecule has 114 valence electrons. The molecule has 1 aromatic heterocycles. The van der Waals surface area contributed by atoms with Gasteiger partial charge in [-0.3, -0.25) is 0 Å². The molecule has 4 unspecified atom stereocenters. The summed E-state index contributed by atoms with van der Waals surface area (Å²) < 4.78 is 5.54. The van der Waals surface area contributed by atoms with Crippen molar-refractivity contribution < 1.29 is 4.74 Å². The zero-order valence-electron chi connectivity index (χ0n) is 12.8. The van der Waals surface area contributed by atoms with Crippen LogP contribution in [0.1, 0.15) is 32.6 Å². The van der Waals surface area contributed by atoms with Gasteiger partial charge in [0.25, 0.3) is 0 Å². The number of anilines is 2. The summed E-state index contributed by atoms with van der Waals surface area (Å²) in [5.41, 5.74) is 0. The third kappa shape index (κ3) is 2.05. The molecule has 0 aromatic carbocycles. The van der Waals surface area contributed by atoms with Crippen molar-refractivity contribution in [2.75, 3.05) is 24.3 Å². The molecule has 2 bridgehead atoms. The van der Waals surface area contributed by atoms with Gasteiger partial charge in [-0.2, -0.15) is 0 Å². The van der Waals surface area contributed by atoms with Gasteiger partial charge in [-0.05, 0) is 49.4 Å². The van der Waals surface area contributed by atoms with Crippen LogP contribution < -0.4 is 15.4 Å². The van der Waals surface area contributed by atoms with Crippen molar-refractivity contribution in [3.63, 3.8) is 0 Å². The van der Waals surface area contributed by atoms with E-state index in [2.05, 4.69) is 27.5 Å². The number of hydrogen-bond acceptors (Lipinski definition) is 5. The number of fused-ring (bicyclic) bond motifs is 5. The number of ether oxygens (including phenoxy) is 1. The number of aromatic nitrogens is 2. The standard InChI is InChI=1S/C16H24N4O/c1-3-6-17-15-14(21-2)16(19-8-18-15)20-13-11-9-4-5-10(7-9)12(11)13/h8-13H,3-7H2,1-2H3,(H2,17,18,19,20). The highest BCUT2D eigenvalue weighted by Gasteiger charge is 2.65. The van der Waals surface area contributed by atoms with E-state index in [0.29, 0.717) is 6.04 Å². The summed E-state index contributed by atoms with van der Waals surface area (Å²) in [6, 6.07) is 0.610. The molecule has 0 spiro atoms. The Morgan fingerprint density at radius 3 is 2.57 bits per heavy atom. The Morgan fingerprint density at radius 2 is 1.90 bits per heavy atom. The summed E-state index contributed by atoms with van der Waals surface area (Å²) in [6.45, 7) is 3.03. The van der Waals surface area contributed by atoms with Gasteiger partial charge in [-0.25, -0.2) is 9.97 Å². The molecular formula is C16H24N4O. The van der Waals surface area contributed by atoms with Gasteiger partial charge in [0.1, 0.15) is 6.33 Å². The summed E-state index contributed by atoms with van der Waals surface area (Å²) in [5.74, 6) is 6.09. The van der Waals surface area contributed by atoms with Gasteiger partial charge in [0.15, 0.2) is 11.6 Å². The van der Waals surface area contributed by atoms with Crippen LogP contribution in [0.2, 0.25) is 0 Å². The monoisotopic (exact) mass is 288 g/mol. The van der Waals surface area contributed by atoms with Gasteiger partial charge >= 0.3 is 0 Å². The van der Waals surface area contributed by atoms with Gasteiger partial charge in [-0.1, -0.05) is 6.92 Å². The minimum atomic E-state index is 0.610. The first-order valence-corrected chi connectivity index (χ1v) is 8.22. The van der Waals surface area contributed by atoms with Crippen LogP contribution in [-0.4, -0.2) is 29.7 Å². The highest BCUT2D eigenvalue weighted by molar-refractivity contribution is 5.64. The lowest BCUT2D eigenvalue weighted by Gasteiger charge is -2.16. The summed E-state index contributed by atoms with van der Waals surface area (Å²) >= 11 is 0. The molecule has 0 radical (unpaired) electrons. The van der Waals surface area contributed by atoms with Gasteiger partial charge in [-0.15, -0.1) is 0 Å². The highest BCUT2D eigenvalue weighted by Crippen LogP contribution is 2.66. The summed E-state index contributed by atoms with van der Waals surface area (Å²) in [4.78, 5) is 8.71. The average Bonchev–Trinajstić information content (AvgIpc) is 2.90. The van der Waals surface area contributed by atoms with E-state index < -0.39 is 0 Å². The first-order valence-electron chi connectivity index (χ1n) is 8.22. The molecule has 0 saturated heterocycles. The number of nitrogens with one attached hydrogen (secondary N) is 2. The maximum Gasteiger partial charge on any atom is 0.204 e. The Bertz CT molecular complexity index is 519. The van der Waals surface area contributed by atoms with Crippen LogP contribution in [0.15, 0.2) is 6.33 Å². The predicted molar refractivity (Wildman–Crippen MR) is 82.6 cm³/mol. The summed E-state index contributed by atoms with van der Waals surface area (Å²) in [5, 5.41) is 6.95. The number of nitrogens with zero attached hydrogens (tertiary/aromatic N) is 2. The Morgan fingerprint density at radius 1 is 1.19 bits per heavy atom. The normalized spacial score (nSPS) is 35.4. The Kier molecular flexibility index (Phi) is 3.16. The van der Waals surface area contributed by atoms with E-state index in [1.165, 1.54) is 19.3 Å². The minimum Gasteiger partial charge on any atom is -0.490 e. The minimum absolute atomic E-state index is 0.610. The fourth-order valence-corrected chi connectivity index (χ4v) is 4.72. The second-order valence-electron chi connectivity index (χ2n) is 6.69. The largest absolute Gasteiger partial charge is 0.490 e. The van der Waals surface area contributed by atoms with E-state index in [0.717, 1.165) is 54.0 Å². The molecule has 4 atom stereocenters. The van der Waals surface area contributed by atoms with Crippen molar-refractivity contribution in [3.8, 4) is 5.75 Å². The van der Waals surface area contributed by atoms with Crippen LogP contribution in [0.5, 0.6) is 5.75 Å². The van der Waals surface area contributed by atoms with Crippen LogP contribution in [-0.2, 0) is 0 Å². The second-order valence-corrected chi connectivity index (χ2v) is 6.69. The van der Waals surface area contributed by atoms with Gasteiger partial charge in [0.05, 0.1) is 7.11 Å². The van der Waals surface area contributed by atoms with Gasteiger partial charge in [0, 0.05) is 12.6 Å². The van der Waals surface area contributed by atoms with Gasteiger partial charge < -0.3 is 15.4 Å². The maximum atomic E-state index is 5.54.